The van der Waals surface area contributed by atoms with E-state index in [4.69, 9.17) is 9.42 Å². The summed E-state index contributed by atoms with van der Waals surface area (Å²) in [5, 5.41) is 0. The summed E-state index contributed by atoms with van der Waals surface area (Å²) in [6, 6.07) is 0. The summed E-state index contributed by atoms with van der Waals surface area (Å²) in [7, 11) is 5.53. The first kappa shape index (κ1) is 19.7. The normalized spacial score (nSPS) is 21.0. The zero-order valence-corrected chi connectivity index (χ0v) is 14.8. The fourth-order valence-electron chi connectivity index (χ4n) is 0.605. The van der Waals surface area contributed by atoms with Crippen molar-refractivity contribution in [3.05, 3.63) is 0 Å². The highest BCUT2D eigenvalue weighted by Crippen LogP contribution is 2.61. The number of hydrogen-bond acceptors (Lipinski definition) is 5. The molecule has 0 bridgehead atoms. The van der Waals surface area contributed by atoms with E-state index in [1.165, 1.54) is 30.7 Å². The van der Waals surface area contributed by atoms with Crippen LogP contribution in [0.5, 0.6) is 0 Å². The van der Waals surface area contributed by atoms with Crippen molar-refractivity contribution in [1.29, 1.82) is 0 Å². The Labute approximate surface area is 114 Å². The van der Waals surface area contributed by atoms with Crippen LogP contribution in [0.4, 0.5) is 0 Å². The van der Waals surface area contributed by atoms with Crippen LogP contribution in [-0.2, 0) is 4.52 Å². The van der Waals surface area contributed by atoms with Crippen molar-refractivity contribution >= 4 is 39.9 Å². The van der Waals surface area contributed by atoms with Crippen LogP contribution in [0.15, 0.2) is 0 Å². The highest BCUT2D eigenvalue weighted by Gasteiger charge is 2.27. The molecule has 1 aliphatic rings. The molecule has 1 fully saturated rings. The maximum atomic E-state index is 8.98. The average Bonchev–Trinajstić information content (AvgIpc) is 2.67. The summed E-state index contributed by atoms with van der Waals surface area (Å²) < 4.78 is 5.29. The van der Waals surface area contributed by atoms with E-state index >= 15 is 0 Å². The van der Waals surface area contributed by atoms with Gasteiger partial charge in [-0.2, -0.15) is 4.52 Å². The van der Waals surface area contributed by atoms with Gasteiger partial charge in [-0.1, -0.05) is 35.4 Å². The monoisotopic (exact) mass is 305 g/mol. The van der Waals surface area contributed by atoms with Crippen molar-refractivity contribution in [3.63, 3.8) is 0 Å². The maximum absolute atomic E-state index is 8.98. The van der Waals surface area contributed by atoms with E-state index in [9.17, 15) is 0 Å². The Morgan fingerprint density at radius 3 is 1.94 bits per heavy atom. The van der Waals surface area contributed by atoms with Gasteiger partial charge in [-0.25, -0.2) is 4.89 Å². The molecule has 100 valence electrons. The van der Waals surface area contributed by atoms with Gasteiger partial charge in [-0.3, -0.25) is 0 Å². The first-order valence-corrected chi connectivity index (χ1v) is 11.6. The third-order valence-electron chi connectivity index (χ3n) is 1.75. The molecule has 0 aromatic rings. The van der Waals surface area contributed by atoms with Crippen LogP contribution in [0.25, 0.3) is 0 Å². The van der Waals surface area contributed by atoms with Crippen LogP contribution in [0, 0.1) is 0 Å². The topological polar surface area (TPSA) is 29.5 Å². The van der Waals surface area contributed by atoms with Crippen molar-refractivity contribution in [1.82, 2.24) is 0 Å². The average molecular weight is 305 g/mol. The summed E-state index contributed by atoms with van der Waals surface area (Å²) in [4.78, 5) is 8.98. The zero-order chi connectivity index (χ0) is 13.2. The SMILES string of the molecule is CC.CC1(C)CCSS1.CO[P+](C)(O)SC. The van der Waals surface area contributed by atoms with Crippen LogP contribution >= 0.6 is 39.9 Å². The Morgan fingerprint density at radius 1 is 1.38 bits per heavy atom. The van der Waals surface area contributed by atoms with Gasteiger partial charge in [0.1, 0.15) is 6.66 Å². The van der Waals surface area contributed by atoms with Gasteiger partial charge in [0.15, 0.2) is 0 Å². The van der Waals surface area contributed by atoms with Gasteiger partial charge >= 0.3 is 6.92 Å². The highest BCUT2D eigenvalue weighted by molar-refractivity contribution is 8.77. The van der Waals surface area contributed by atoms with E-state index in [1.54, 1.807) is 6.66 Å². The van der Waals surface area contributed by atoms with E-state index in [0.29, 0.717) is 4.75 Å². The second-order valence-corrected chi connectivity index (χ2v) is 12.2. The van der Waals surface area contributed by atoms with Gasteiger partial charge < -0.3 is 0 Å². The van der Waals surface area contributed by atoms with Crippen molar-refractivity contribution in [2.24, 2.45) is 0 Å². The summed E-state index contributed by atoms with van der Waals surface area (Å²) in [5.74, 6) is 1.34. The van der Waals surface area contributed by atoms with Crippen LogP contribution in [0.1, 0.15) is 34.1 Å². The van der Waals surface area contributed by atoms with E-state index in [-0.39, 0.29) is 0 Å². The lowest BCUT2D eigenvalue weighted by atomic mass is 10.1. The van der Waals surface area contributed by atoms with Crippen LogP contribution in [-0.4, -0.2) is 35.4 Å². The molecule has 1 rings (SSSR count). The first-order valence-electron chi connectivity index (χ1n) is 5.34. The van der Waals surface area contributed by atoms with E-state index in [0.717, 1.165) is 0 Å². The molecule has 1 saturated heterocycles. The smallest absolute Gasteiger partial charge is 0.208 e. The molecule has 0 spiro atoms. The molecule has 0 aliphatic carbocycles. The third-order valence-corrected chi connectivity index (χ3v) is 8.94. The second-order valence-electron chi connectivity index (χ2n) is 3.58. The Kier molecular flexibility index (Phi) is 12.7. The fraction of sp³-hybridized carbons (Fsp3) is 1.00. The van der Waals surface area contributed by atoms with Gasteiger partial charge in [0.05, 0.1) is 18.5 Å². The minimum atomic E-state index is -1.99. The lowest BCUT2D eigenvalue weighted by molar-refractivity contribution is 0.390. The molecular formula is C10H26O2PS3+. The Hall–Kier alpha value is 1.40. The Morgan fingerprint density at radius 2 is 1.88 bits per heavy atom. The predicted molar refractivity (Wildman–Crippen MR) is 85.7 cm³/mol. The van der Waals surface area contributed by atoms with Gasteiger partial charge in [0.2, 0.25) is 0 Å². The molecule has 16 heavy (non-hydrogen) atoms. The van der Waals surface area contributed by atoms with Crippen molar-refractivity contribution < 1.29 is 9.42 Å². The largest absolute Gasteiger partial charge is 0.326 e. The molecule has 1 atom stereocenters. The van der Waals surface area contributed by atoms with E-state index < -0.39 is 6.92 Å². The fourth-order valence-corrected chi connectivity index (χ4v) is 4.22. The van der Waals surface area contributed by atoms with Gasteiger partial charge in [-0.15, -0.1) is 0 Å². The van der Waals surface area contributed by atoms with Crippen LogP contribution in [0.2, 0.25) is 0 Å². The first-order chi connectivity index (χ1) is 7.33. The Bertz CT molecular complexity index is 150. The van der Waals surface area contributed by atoms with Gasteiger partial charge in [0, 0.05) is 16.8 Å². The molecule has 0 aromatic carbocycles. The molecule has 0 saturated carbocycles. The maximum Gasteiger partial charge on any atom is 0.326 e. The third kappa shape index (κ3) is 11.9. The lowest BCUT2D eigenvalue weighted by Crippen LogP contribution is -2.07. The summed E-state index contributed by atoms with van der Waals surface area (Å²) in [5.41, 5.74) is 0. The quantitative estimate of drug-likeness (QED) is 0.575. The van der Waals surface area contributed by atoms with E-state index in [1.807, 2.05) is 41.7 Å². The van der Waals surface area contributed by atoms with Crippen molar-refractivity contribution in [3.8, 4) is 0 Å². The Balaban J connectivity index is 0. The standard InChI is InChI=1S/C5H10S2.C3H10O2PS.C2H6/c1-5(2)3-4-6-7-5;1-5-6(2,4)7-3;1-2/h3-4H2,1-2H3;4H,1-3H3;1-2H3/q;+1;. The van der Waals surface area contributed by atoms with Gasteiger partial charge in [0.25, 0.3) is 0 Å². The molecule has 1 heterocycles. The minimum absolute atomic E-state index is 0.574. The predicted octanol–water partition coefficient (Wildman–Crippen LogP) is 4.96. The molecule has 0 radical (unpaired) electrons. The summed E-state index contributed by atoms with van der Waals surface area (Å²) in [6.45, 7) is 8.32. The summed E-state index contributed by atoms with van der Waals surface area (Å²) >= 11 is 1.37. The molecule has 0 amide bonds. The molecular weight excluding hydrogens is 279 g/mol. The minimum Gasteiger partial charge on any atom is -0.208 e. The van der Waals surface area contributed by atoms with Crippen molar-refractivity contribution in [2.45, 2.75) is 38.9 Å². The molecule has 1 unspecified atom stereocenters. The highest BCUT2D eigenvalue weighted by atomic mass is 33.1. The van der Waals surface area contributed by atoms with Crippen LogP contribution < -0.4 is 0 Å². The van der Waals surface area contributed by atoms with Gasteiger partial charge in [-0.05, 0) is 20.3 Å². The van der Waals surface area contributed by atoms with Crippen molar-refractivity contribution in [2.75, 3.05) is 25.8 Å². The van der Waals surface area contributed by atoms with E-state index in [2.05, 4.69) is 13.8 Å². The van der Waals surface area contributed by atoms with Crippen LogP contribution in [0.3, 0.4) is 0 Å². The number of hydrogen-bond donors (Lipinski definition) is 1. The molecule has 1 aliphatic heterocycles. The molecule has 6 heteroatoms. The summed E-state index contributed by atoms with van der Waals surface area (Å²) in [6.07, 6.45) is 3.21. The number of rotatable bonds is 2. The second kappa shape index (κ2) is 10.3. The lowest BCUT2D eigenvalue weighted by Gasteiger charge is -2.11. The molecule has 2 nitrogen and oxygen atoms in total. The zero-order valence-electron chi connectivity index (χ0n) is 11.4. The molecule has 0 aromatic heterocycles. The molecule has 1 N–H and O–H groups in total.